The molecular weight excluding hydrogens is 254 g/mol. The van der Waals surface area contributed by atoms with Crippen molar-refractivity contribution in [3.63, 3.8) is 0 Å². The number of morpholine rings is 1. The summed E-state index contributed by atoms with van der Waals surface area (Å²) >= 11 is 0. The molecule has 1 N–H and O–H groups in total. The number of nitrogens with one attached hydrogen (secondary N) is 1. The molecule has 1 amide bonds. The predicted octanol–water partition coefficient (Wildman–Crippen LogP) is 0.950. The van der Waals surface area contributed by atoms with Crippen LogP contribution in [0.25, 0.3) is 0 Å². The lowest BCUT2D eigenvalue weighted by molar-refractivity contribution is -0.117. The number of hydrogen-bond acceptors (Lipinski definition) is 4. The molecule has 3 rings (SSSR count). The van der Waals surface area contributed by atoms with Gasteiger partial charge in [-0.05, 0) is 23.8 Å². The molecule has 0 saturated carbocycles. The molecule has 0 spiro atoms. The molecule has 5 nitrogen and oxygen atoms in total. The molecule has 0 unspecified atom stereocenters. The van der Waals surface area contributed by atoms with E-state index in [1.807, 2.05) is 19.2 Å². The van der Waals surface area contributed by atoms with E-state index in [4.69, 9.17) is 4.74 Å². The van der Waals surface area contributed by atoms with Gasteiger partial charge in [0, 0.05) is 44.6 Å². The maximum atomic E-state index is 11.6. The fourth-order valence-corrected chi connectivity index (χ4v) is 2.76. The zero-order valence-corrected chi connectivity index (χ0v) is 11.9. The summed E-state index contributed by atoms with van der Waals surface area (Å²) in [6.07, 6.45) is 0.519. The minimum atomic E-state index is 0.172. The van der Waals surface area contributed by atoms with Crippen molar-refractivity contribution in [2.24, 2.45) is 0 Å². The molecule has 1 aromatic carbocycles. The summed E-state index contributed by atoms with van der Waals surface area (Å²) < 4.78 is 5.34. The summed E-state index contributed by atoms with van der Waals surface area (Å²) in [5.41, 5.74) is 3.25. The number of rotatable bonds is 4. The summed E-state index contributed by atoms with van der Waals surface area (Å²) in [5.74, 6) is 0.172. The lowest BCUT2D eigenvalue weighted by Gasteiger charge is -2.26. The highest BCUT2D eigenvalue weighted by atomic mass is 16.5. The van der Waals surface area contributed by atoms with Crippen molar-refractivity contribution >= 4 is 17.3 Å². The molecule has 2 aliphatic rings. The zero-order valence-electron chi connectivity index (χ0n) is 11.9. The summed E-state index contributed by atoms with van der Waals surface area (Å²) in [6, 6.07) is 6.17. The van der Waals surface area contributed by atoms with E-state index in [1.165, 1.54) is 0 Å². The number of ether oxygens (including phenoxy) is 1. The van der Waals surface area contributed by atoms with Crippen molar-refractivity contribution in [2.45, 2.75) is 6.42 Å². The highest BCUT2D eigenvalue weighted by Gasteiger charge is 2.23. The molecule has 2 aliphatic heterocycles. The number of nitrogens with zero attached hydrogens (tertiary/aromatic N) is 2. The fraction of sp³-hybridized carbons (Fsp3) is 0.533. The average Bonchev–Trinajstić information content (AvgIpc) is 2.75. The second-order valence-electron chi connectivity index (χ2n) is 5.35. The number of carbonyl (C=O) groups is 1. The number of hydrogen-bond donors (Lipinski definition) is 1. The van der Waals surface area contributed by atoms with Crippen LogP contribution < -0.4 is 10.2 Å². The van der Waals surface area contributed by atoms with Crippen LogP contribution in [0, 0.1) is 0 Å². The van der Waals surface area contributed by atoms with E-state index in [1.54, 1.807) is 4.90 Å². The van der Waals surface area contributed by atoms with Gasteiger partial charge in [0.15, 0.2) is 0 Å². The first-order valence-corrected chi connectivity index (χ1v) is 7.17. The Bertz CT molecular complexity index is 498. The molecule has 108 valence electrons. The standard InChI is InChI=1S/C15H21N3O2/c1-17-14-3-2-13(10-12(14)11-15(17)19)16-4-5-18-6-8-20-9-7-18/h2-3,10,16H,4-9,11H2,1H3. The van der Waals surface area contributed by atoms with Gasteiger partial charge in [0.1, 0.15) is 0 Å². The monoisotopic (exact) mass is 275 g/mol. The Morgan fingerprint density at radius 2 is 2.10 bits per heavy atom. The number of anilines is 2. The van der Waals surface area contributed by atoms with Gasteiger partial charge >= 0.3 is 0 Å². The van der Waals surface area contributed by atoms with Crippen molar-refractivity contribution in [1.29, 1.82) is 0 Å². The lowest BCUT2D eigenvalue weighted by atomic mass is 10.1. The number of fused-ring (bicyclic) bond motifs is 1. The van der Waals surface area contributed by atoms with Crippen LogP contribution in [-0.4, -0.2) is 57.2 Å². The largest absolute Gasteiger partial charge is 0.384 e. The first kappa shape index (κ1) is 13.4. The van der Waals surface area contributed by atoms with Crippen molar-refractivity contribution < 1.29 is 9.53 Å². The smallest absolute Gasteiger partial charge is 0.231 e. The van der Waals surface area contributed by atoms with Crippen LogP contribution in [0.15, 0.2) is 18.2 Å². The first-order valence-electron chi connectivity index (χ1n) is 7.17. The van der Waals surface area contributed by atoms with Crippen molar-refractivity contribution in [2.75, 3.05) is 56.7 Å². The van der Waals surface area contributed by atoms with Crippen LogP contribution in [-0.2, 0) is 16.0 Å². The van der Waals surface area contributed by atoms with E-state index in [2.05, 4.69) is 16.3 Å². The third-order valence-electron chi connectivity index (χ3n) is 4.02. The van der Waals surface area contributed by atoms with Crippen LogP contribution in [0.2, 0.25) is 0 Å². The van der Waals surface area contributed by atoms with Gasteiger partial charge in [-0.3, -0.25) is 9.69 Å². The van der Waals surface area contributed by atoms with Crippen LogP contribution in [0.3, 0.4) is 0 Å². The van der Waals surface area contributed by atoms with Crippen LogP contribution in [0.1, 0.15) is 5.56 Å². The van der Waals surface area contributed by atoms with Crippen molar-refractivity contribution in [1.82, 2.24) is 4.90 Å². The van der Waals surface area contributed by atoms with E-state index in [-0.39, 0.29) is 5.91 Å². The molecule has 1 fully saturated rings. The van der Waals surface area contributed by atoms with E-state index >= 15 is 0 Å². The fourth-order valence-electron chi connectivity index (χ4n) is 2.76. The van der Waals surface area contributed by atoms with E-state index in [0.29, 0.717) is 6.42 Å². The van der Waals surface area contributed by atoms with Crippen molar-refractivity contribution in [3.8, 4) is 0 Å². The summed E-state index contributed by atoms with van der Waals surface area (Å²) in [4.78, 5) is 15.8. The molecule has 0 aromatic heterocycles. The predicted molar refractivity (Wildman–Crippen MR) is 79.3 cm³/mol. The third-order valence-corrected chi connectivity index (χ3v) is 4.02. The van der Waals surface area contributed by atoms with Gasteiger partial charge in [0.05, 0.1) is 19.6 Å². The van der Waals surface area contributed by atoms with Gasteiger partial charge in [-0.15, -0.1) is 0 Å². The SMILES string of the molecule is CN1C(=O)Cc2cc(NCCN3CCOCC3)ccc21. The van der Waals surface area contributed by atoms with E-state index in [9.17, 15) is 4.79 Å². The molecule has 1 aromatic rings. The average molecular weight is 275 g/mol. The van der Waals surface area contributed by atoms with Gasteiger partial charge in [-0.1, -0.05) is 0 Å². The molecule has 0 bridgehead atoms. The Labute approximate surface area is 119 Å². The number of likely N-dealkylation sites (N-methyl/N-ethyl adjacent to an activating group) is 1. The Kier molecular flexibility index (Phi) is 3.89. The molecular formula is C15H21N3O2. The minimum absolute atomic E-state index is 0.172. The Morgan fingerprint density at radius 1 is 1.30 bits per heavy atom. The number of carbonyl (C=O) groups excluding carboxylic acids is 1. The van der Waals surface area contributed by atoms with E-state index < -0.39 is 0 Å². The second kappa shape index (κ2) is 5.81. The van der Waals surface area contributed by atoms with Crippen LogP contribution in [0.5, 0.6) is 0 Å². The maximum absolute atomic E-state index is 11.6. The van der Waals surface area contributed by atoms with Gasteiger partial charge in [0.25, 0.3) is 0 Å². The zero-order chi connectivity index (χ0) is 13.9. The summed E-state index contributed by atoms with van der Waals surface area (Å²) in [6.45, 7) is 5.67. The van der Waals surface area contributed by atoms with Gasteiger partial charge < -0.3 is 15.0 Å². The van der Waals surface area contributed by atoms with Gasteiger partial charge in [-0.25, -0.2) is 0 Å². The molecule has 0 atom stereocenters. The second-order valence-corrected chi connectivity index (χ2v) is 5.35. The normalized spacial score (nSPS) is 19.2. The highest BCUT2D eigenvalue weighted by molar-refractivity contribution is 6.01. The lowest BCUT2D eigenvalue weighted by Crippen LogP contribution is -2.39. The van der Waals surface area contributed by atoms with Crippen molar-refractivity contribution in [3.05, 3.63) is 23.8 Å². The molecule has 2 heterocycles. The maximum Gasteiger partial charge on any atom is 0.231 e. The molecule has 5 heteroatoms. The first-order chi connectivity index (χ1) is 9.74. The Morgan fingerprint density at radius 3 is 2.90 bits per heavy atom. The molecule has 1 saturated heterocycles. The molecule has 20 heavy (non-hydrogen) atoms. The third kappa shape index (κ3) is 2.78. The summed E-state index contributed by atoms with van der Waals surface area (Å²) in [7, 11) is 1.83. The van der Waals surface area contributed by atoms with E-state index in [0.717, 1.165) is 56.3 Å². The van der Waals surface area contributed by atoms with Gasteiger partial charge in [0.2, 0.25) is 5.91 Å². The summed E-state index contributed by atoms with van der Waals surface area (Å²) in [5, 5.41) is 3.44. The number of benzene rings is 1. The Balaban J connectivity index is 1.54. The van der Waals surface area contributed by atoms with Crippen LogP contribution in [0.4, 0.5) is 11.4 Å². The number of amides is 1. The molecule has 0 radical (unpaired) electrons. The topological polar surface area (TPSA) is 44.8 Å². The van der Waals surface area contributed by atoms with Crippen LogP contribution >= 0.6 is 0 Å². The van der Waals surface area contributed by atoms with Gasteiger partial charge in [-0.2, -0.15) is 0 Å². The Hall–Kier alpha value is -1.59. The minimum Gasteiger partial charge on any atom is -0.384 e. The quantitative estimate of drug-likeness (QED) is 0.888. The highest BCUT2D eigenvalue weighted by Crippen LogP contribution is 2.29. The molecule has 0 aliphatic carbocycles.